The van der Waals surface area contributed by atoms with Crippen LogP contribution in [0.5, 0.6) is 0 Å². The van der Waals surface area contributed by atoms with Gasteiger partial charge in [-0.05, 0) is 11.5 Å². The molecular formula is C6H4Cl2N2S3. The van der Waals surface area contributed by atoms with Gasteiger partial charge in [0.05, 0.1) is 10.4 Å². The van der Waals surface area contributed by atoms with E-state index in [0.717, 1.165) is 4.21 Å². The van der Waals surface area contributed by atoms with Crippen molar-refractivity contribution in [2.45, 2.75) is 9.24 Å². The van der Waals surface area contributed by atoms with Crippen molar-refractivity contribution in [3.63, 3.8) is 0 Å². The minimum Gasteiger partial charge on any atom is -0.192 e. The maximum absolute atomic E-state index is 8.85. The summed E-state index contributed by atoms with van der Waals surface area (Å²) in [4.78, 5) is 0. The molecule has 0 saturated heterocycles. The molecule has 0 aliphatic carbocycles. The van der Waals surface area contributed by atoms with E-state index in [4.69, 9.17) is 28.5 Å². The van der Waals surface area contributed by atoms with E-state index in [1.807, 2.05) is 0 Å². The smallest absolute Gasteiger partial charge is 0.130 e. The molecule has 0 radical (unpaired) electrons. The molecule has 0 aromatic carbocycles. The van der Waals surface area contributed by atoms with Gasteiger partial charge in [-0.2, -0.15) is 9.64 Å². The molecule has 0 N–H and O–H groups in total. The largest absolute Gasteiger partial charge is 0.192 e. The summed E-state index contributed by atoms with van der Waals surface area (Å²) in [5, 5.41) is 10.4. The van der Waals surface area contributed by atoms with Crippen LogP contribution in [0.2, 0.25) is 0 Å². The summed E-state index contributed by atoms with van der Waals surface area (Å²) in [6.07, 6.45) is 0. The highest BCUT2D eigenvalue weighted by molar-refractivity contribution is 8.02. The summed E-state index contributed by atoms with van der Waals surface area (Å²) in [5.41, 5.74) is 0.598. The molecule has 1 aromatic rings. The summed E-state index contributed by atoms with van der Waals surface area (Å²) in [6, 6.07) is 2.10. The summed E-state index contributed by atoms with van der Waals surface area (Å²) in [6.45, 7) is 0. The fourth-order valence-corrected chi connectivity index (χ4v) is 3.71. The number of nitriles is 1. The van der Waals surface area contributed by atoms with Crippen LogP contribution in [-0.4, -0.2) is 14.8 Å². The van der Waals surface area contributed by atoms with Crippen LogP contribution in [-0.2, 0) is 0 Å². The van der Waals surface area contributed by atoms with E-state index in [9.17, 15) is 0 Å². The van der Waals surface area contributed by atoms with Gasteiger partial charge in [-0.1, -0.05) is 23.5 Å². The van der Waals surface area contributed by atoms with Crippen molar-refractivity contribution in [3.8, 4) is 6.07 Å². The van der Waals surface area contributed by atoms with Gasteiger partial charge in [0, 0.05) is 0 Å². The Kier molecular flexibility index (Phi) is 5.29. The van der Waals surface area contributed by atoms with Crippen molar-refractivity contribution in [1.82, 2.24) is 4.37 Å². The van der Waals surface area contributed by atoms with E-state index in [-0.39, 0.29) is 0 Å². The molecule has 1 rings (SSSR count). The second-order valence-corrected chi connectivity index (χ2v) is 5.92. The van der Waals surface area contributed by atoms with Crippen LogP contribution in [0.1, 0.15) is 5.56 Å². The van der Waals surface area contributed by atoms with E-state index < -0.39 is 0 Å². The molecule has 0 unspecified atom stereocenters. The van der Waals surface area contributed by atoms with Crippen LogP contribution in [0.15, 0.2) is 9.24 Å². The molecule has 0 saturated carbocycles. The highest BCUT2D eigenvalue weighted by Gasteiger charge is 2.13. The van der Waals surface area contributed by atoms with Gasteiger partial charge in [0.2, 0.25) is 0 Å². The first-order chi connectivity index (χ1) is 6.33. The molecule has 1 heterocycles. The fraction of sp³-hybridized carbons (Fsp3) is 0.333. The number of thioether (sulfide) groups is 2. The van der Waals surface area contributed by atoms with Crippen LogP contribution >= 0.6 is 58.3 Å². The molecule has 0 spiro atoms. The van der Waals surface area contributed by atoms with Crippen molar-refractivity contribution in [1.29, 1.82) is 5.26 Å². The van der Waals surface area contributed by atoms with E-state index in [2.05, 4.69) is 10.4 Å². The minimum atomic E-state index is 0.406. The molecule has 70 valence electrons. The molecule has 0 bridgehead atoms. The Bertz CT molecular complexity index is 297. The lowest BCUT2D eigenvalue weighted by Gasteiger charge is -1.92. The number of nitrogens with zero attached hydrogens (tertiary/aromatic N) is 2. The first-order valence-electron chi connectivity index (χ1n) is 3.10. The lowest BCUT2D eigenvalue weighted by Crippen LogP contribution is -1.77. The standard InChI is InChI=1S/C6H4Cl2N2S3/c7-2-11-5-4(1-9)6(12-3-8)13-10-5/h2-3H2. The van der Waals surface area contributed by atoms with Gasteiger partial charge in [0.25, 0.3) is 0 Å². The molecule has 13 heavy (non-hydrogen) atoms. The van der Waals surface area contributed by atoms with Crippen molar-refractivity contribution in [2.75, 3.05) is 10.4 Å². The van der Waals surface area contributed by atoms with Crippen LogP contribution in [0, 0.1) is 11.3 Å². The summed E-state index contributed by atoms with van der Waals surface area (Å²) in [5.74, 6) is 0. The highest BCUT2D eigenvalue weighted by Crippen LogP contribution is 2.34. The quantitative estimate of drug-likeness (QED) is 0.619. The van der Waals surface area contributed by atoms with Gasteiger partial charge >= 0.3 is 0 Å². The van der Waals surface area contributed by atoms with Gasteiger partial charge in [-0.3, -0.25) is 0 Å². The van der Waals surface area contributed by atoms with Gasteiger partial charge in [0.1, 0.15) is 20.9 Å². The topological polar surface area (TPSA) is 36.7 Å². The average molecular weight is 271 g/mol. The first-order valence-corrected chi connectivity index (χ1v) is 6.92. The molecule has 7 heteroatoms. The summed E-state index contributed by atoms with van der Waals surface area (Å²) >= 11 is 15.2. The SMILES string of the molecule is N#Cc1c(SCCl)nsc1SCCl. The Morgan fingerprint density at radius 1 is 1.38 bits per heavy atom. The predicted octanol–water partition coefficient (Wildman–Crippen LogP) is 3.59. The lowest BCUT2D eigenvalue weighted by atomic mass is 10.4. The van der Waals surface area contributed by atoms with E-state index in [0.29, 0.717) is 21.0 Å². The van der Waals surface area contributed by atoms with Gasteiger partial charge < -0.3 is 0 Å². The van der Waals surface area contributed by atoms with Crippen molar-refractivity contribution in [3.05, 3.63) is 5.56 Å². The Balaban J connectivity index is 2.91. The molecule has 0 aliphatic heterocycles. The number of halogens is 2. The van der Waals surface area contributed by atoms with Crippen LogP contribution < -0.4 is 0 Å². The van der Waals surface area contributed by atoms with E-state index in [1.165, 1.54) is 35.1 Å². The third-order valence-electron chi connectivity index (χ3n) is 1.12. The summed E-state index contributed by atoms with van der Waals surface area (Å²) < 4.78 is 4.98. The van der Waals surface area contributed by atoms with E-state index in [1.54, 1.807) is 0 Å². The third-order valence-corrected chi connectivity index (χ3v) is 4.36. The first kappa shape index (κ1) is 11.5. The molecule has 2 nitrogen and oxygen atoms in total. The van der Waals surface area contributed by atoms with Crippen LogP contribution in [0.3, 0.4) is 0 Å². The molecule has 1 aromatic heterocycles. The molecular weight excluding hydrogens is 267 g/mol. The maximum atomic E-state index is 8.85. The van der Waals surface area contributed by atoms with Crippen LogP contribution in [0.4, 0.5) is 0 Å². The molecule has 0 atom stereocenters. The van der Waals surface area contributed by atoms with Crippen LogP contribution in [0.25, 0.3) is 0 Å². The average Bonchev–Trinajstić information content (AvgIpc) is 2.49. The highest BCUT2D eigenvalue weighted by atomic mass is 35.5. The second-order valence-electron chi connectivity index (χ2n) is 1.77. The summed E-state index contributed by atoms with van der Waals surface area (Å²) in [7, 11) is 0. The number of aromatic nitrogens is 1. The zero-order valence-electron chi connectivity index (χ0n) is 6.29. The Morgan fingerprint density at radius 3 is 2.62 bits per heavy atom. The van der Waals surface area contributed by atoms with E-state index >= 15 is 0 Å². The Morgan fingerprint density at radius 2 is 2.08 bits per heavy atom. The lowest BCUT2D eigenvalue weighted by molar-refractivity contribution is 1.24. The number of hydrogen-bond acceptors (Lipinski definition) is 5. The minimum absolute atomic E-state index is 0.406. The molecule has 0 fully saturated rings. The third kappa shape index (κ3) is 2.93. The number of rotatable bonds is 4. The van der Waals surface area contributed by atoms with Gasteiger partial charge in [0.15, 0.2) is 0 Å². The van der Waals surface area contributed by atoms with Crippen molar-refractivity contribution >= 4 is 58.3 Å². The Labute approximate surface area is 98.8 Å². The normalized spacial score (nSPS) is 9.92. The second kappa shape index (κ2) is 5.99. The maximum Gasteiger partial charge on any atom is 0.130 e. The molecule has 0 amide bonds. The predicted molar refractivity (Wildman–Crippen MR) is 60.0 cm³/mol. The van der Waals surface area contributed by atoms with Gasteiger partial charge in [-0.15, -0.1) is 23.2 Å². The van der Waals surface area contributed by atoms with Crippen molar-refractivity contribution < 1.29 is 0 Å². The Hall–Kier alpha value is 0.400. The zero-order valence-corrected chi connectivity index (χ0v) is 10.3. The zero-order chi connectivity index (χ0) is 9.68. The number of hydrogen-bond donors (Lipinski definition) is 0. The van der Waals surface area contributed by atoms with Crippen molar-refractivity contribution in [2.24, 2.45) is 0 Å². The molecule has 0 aliphatic rings. The van der Waals surface area contributed by atoms with Gasteiger partial charge in [-0.25, -0.2) is 0 Å². The fourth-order valence-electron chi connectivity index (χ4n) is 0.653. The number of alkyl halides is 2. The monoisotopic (exact) mass is 270 g/mol.